The fourth-order valence-corrected chi connectivity index (χ4v) is 1.75. The van der Waals surface area contributed by atoms with Gasteiger partial charge in [-0.25, -0.2) is 0 Å². The summed E-state index contributed by atoms with van der Waals surface area (Å²) in [6.45, 7) is 2.73. The summed E-state index contributed by atoms with van der Waals surface area (Å²) in [7, 11) is 0. The van der Waals surface area contributed by atoms with Crippen molar-refractivity contribution in [3.63, 3.8) is 0 Å². The summed E-state index contributed by atoms with van der Waals surface area (Å²) < 4.78 is 0.974. The first-order chi connectivity index (χ1) is 6.63. The van der Waals surface area contributed by atoms with Gasteiger partial charge in [-0.15, -0.1) is 0 Å². The van der Waals surface area contributed by atoms with E-state index < -0.39 is 0 Å². The lowest BCUT2D eigenvalue weighted by molar-refractivity contribution is 0.251. The number of hydrogen-bond acceptors (Lipinski definition) is 2. The van der Waals surface area contributed by atoms with E-state index in [0.29, 0.717) is 6.54 Å². The molecule has 2 nitrogen and oxygen atoms in total. The molecule has 0 spiro atoms. The minimum atomic E-state index is 0.0923. The smallest absolute Gasteiger partial charge is 0.0582 e. The summed E-state index contributed by atoms with van der Waals surface area (Å²) in [6.07, 6.45) is 0. The van der Waals surface area contributed by atoms with Gasteiger partial charge in [0.15, 0.2) is 0 Å². The second kappa shape index (κ2) is 5.71. The second-order valence-electron chi connectivity index (χ2n) is 3.20. The van der Waals surface area contributed by atoms with Crippen molar-refractivity contribution >= 4 is 27.5 Å². The van der Waals surface area contributed by atoms with Crippen molar-refractivity contribution in [3.05, 3.63) is 33.3 Å². The highest BCUT2D eigenvalue weighted by Crippen LogP contribution is 2.21. The van der Waals surface area contributed by atoms with E-state index in [1.165, 1.54) is 0 Å². The van der Waals surface area contributed by atoms with E-state index in [9.17, 15) is 0 Å². The summed E-state index contributed by atoms with van der Waals surface area (Å²) in [5.41, 5.74) is 1.04. The van der Waals surface area contributed by atoms with Crippen LogP contribution in [0.3, 0.4) is 0 Å². The van der Waals surface area contributed by atoms with E-state index in [-0.39, 0.29) is 12.6 Å². The van der Waals surface area contributed by atoms with Gasteiger partial charge in [0, 0.05) is 22.1 Å². The van der Waals surface area contributed by atoms with Crippen LogP contribution in [0.25, 0.3) is 0 Å². The predicted octanol–water partition coefficient (Wildman–Crippen LogP) is 2.57. The van der Waals surface area contributed by atoms with Crippen LogP contribution in [0, 0.1) is 0 Å². The van der Waals surface area contributed by atoms with Gasteiger partial charge in [0.25, 0.3) is 0 Å². The Morgan fingerprint density at radius 1 is 1.57 bits per heavy atom. The maximum absolute atomic E-state index is 8.82. The summed E-state index contributed by atoms with van der Waals surface area (Å²) in [6, 6.07) is 5.87. The molecule has 1 aromatic carbocycles. The van der Waals surface area contributed by atoms with Crippen LogP contribution in [0.5, 0.6) is 0 Å². The minimum Gasteiger partial charge on any atom is -0.395 e. The van der Waals surface area contributed by atoms with E-state index >= 15 is 0 Å². The third kappa shape index (κ3) is 3.58. The van der Waals surface area contributed by atoms with Gasteiger partial charge >= 0.3 is 0 Å². The van der Waals surface area contributed by atoms with Crippen LogP contribution < -0.4 is 5.32 Å². The third-order valence-electron chi connectivity index (χ3n) is 1.93. The van der Waals surface area contributed by atoms with Crippen molar-refractivity contribution in [2.75, 3.05) is 6.61 Å². The molecule has 0 radical (unpaired) electrons. The molecule has 0 aliphatic rings. The maximum Gasteiger partial charge on any atom is 0.0582 e. The quantitative estimate of drug-likeness (QED) is 0.887. The molecule has 14 heavy (non-hydrogen) atoms. The molecule has 4 heteroatoms. The lowest BCUT2D eigenvalue weighted by Crippen LogP contribution is -2.28. The second-order valence-corrected chi connectivity index (χ2v) is 4.52. The zero-order valence-electron chi connectivity index (χ0n) is 7.93. The summed E-state index contributed by atoms with van der Waals surface area (Å²) in [4.78, 5) is 0. The van der Waals surface area contributed by atoms with Crippen LogP contribution in [-0.4, -0.2) is 17.8 Å². The zero-order valence-corrected chi connectivity index (χ0v) is 10.3. The van der Waals surface area contributed by atoms with Gasteiger partial charge in [-0.1, -0.05) is 33.6 Å². The van der Waals surface area contributed by atoms with E-state index in [0.717, 1.165) is 15.1 Å². The van der Waals surface area contributed by atoms with Gasteiger partial charge in [0.1, 0.15) is 0 Å². The van der Waals surface area contributed by atoms with E-state index in [4.69, 9.17) is 16.7 Å². The molecule has 1 aromatic rings. The third-order valence-corrected chi connectivity index (χ3v) is 2.78. The summed E-state index contributed by atoms with van der Waals surface area (Å²) in [5.74, 6) is 0. The highest BCUT2D eigenvalue weighted by molar-refractivity contribution is 9.10. The highest BCUT2D eigenvalue weighted by Gasteiger charge is 2.03. The van der Waals surface area contributed by atoms with Gasteiger partial charge in [-0.05, 0) is 24.6 Å². The first-order valence-corrected chi connectivity index (χ1v) is 5.58. The van der Waals surface area contributed by atoms with Gasteiger partial charge in [0.05, 0.1) is 6.61 Å². The van der Waals surface area contributed by atoms with E-state index in [2.05, 4.69) is 21.2 Å². The molecule has 78 valence electrons. The molecule has 0 fully saturated rings. The largest absolute Gasteiger partial charge is 0.395 e. The molecule has 0 aliphatic carbocycles. The van der Waals surface area contributed by atoms with E-state index in [1.54, 1.807) is 0 Å². The molecule has 0 saturated carbocycles. The number of halogens is 2. The van der Waals surface area contributed by atoms with Crippen molar-refractivity contribution in [2.24, 2.45) is 0 Å². The minimum absolute atomic E-state index is 0.0923. The van der Waals surface area contributed by atoms with Gasteiger partial charge < -0.3 is 10.4 Å². The molecule has 2 N–H and O–H groups in total. The van der Waals surface area contributed by atoms with E-state index in [1.807, 2.05) is 25.1 Å². The van der Waals surface area contributed by atoms with Gasteiger partial charge in [-0.3, -0.25) is 0 Å². The standard InChI is InChI=1S/C10H13BrClNO/c1-7(6-14)13-5-8-2-3-9(11)4-10(8)12/h2-4,7,13-14H,5-6H2,1H3/t7-/m1/s1. The average molecular weight is 279 g/mol. The Morgan fingerprint density at radius 3 is 2.86 bits per heavy atom. The Hall–Kier alpha value is -0.0900. The van der Waals surface area contributed by atoms with Crippen molar-refractivity contribution in [1.82, 2.24) is 5.32 Å². The Labute approximate surface area is 97.4 Å². The van der Waals surface area contributed by atoms with Crippen LogP contribution in [0.4, 0.5) is 0 Å². The molecule has 0 aromatic heterocycles. The number of aliphatic hydroxyl groups is 1. The van der Waals surface area contributed by atoms with Crippen LogP contribution in [0.15, 0.2) is 22.7 Å². The van der Waals surface area contributed by atoms with Crippen molar-refractivity contribution in [2.45, 2.75) is 19.5 Å². The number of aliphatic hydroxyl groups excluding tert-OH is 1. The first-order valence-electron chi connectivity index (χ1n) is 4.41. The molecule has 0 unspecified atom stereocenters. The molecule has 0 bridgehead atoms. The van der Waals surface area contributed by atoms with Gasteiger partial charge in [-0.2, -0.15) is 0 Å². The monoisotopic (exact) mass is 277 g/mol. The van der Waals surface area contributed by atoms with Crippen molar-refractivity contribution in [3.8, 4) is 0 Å². The molecule has 1 atom stereocenters. The maximum atomic E-state index is 8.82. The summed E-state index contributed by atoms with van der Waals surface area (Å²) in [5, 5.41) is 12.7. The lowest BCUT2D eigenvalue weighted by Gasteiger charge is -2.11. The van der Waals surface area contributed by atoms with Crippen LogP contribution in [-0.2, 0) is 6.54 Å². The molecule has 1 rings (SSSR count). The Bertz CT molecular complexity index is 306. The Balaban J connectivity index is 2.59. The van der Waals surface area contributed by atoms with Gasteiger partial charge in [0.2, 0.25) is 0 Å². The fraction of sp³-hybridized carbons (Fsp3) is 0.400. The topological polar surface area (TPSA) is 32.3 Å². The van der Waals surface area contributed by atoms with Crippen LogP contribution in [0.1, 0.15) is 12.5 Å². The Kier molecular flexibility index (Phi) is 4.89. The molecule has 0 amide bonds. The molecule has 0 saturated heterocycles. The fourth-order valence-electron chi connectivity index (χ4n) is 1.01. The van der Waals surface area contributed by atoms with Crippen LogP contribution in [0.2, 0.25) is 5.02 Å². The average Bonchev–Trinajstić information content (AvgIpc) is 2.16. The van der Waals surface area contributed by atoms with Crippen molar-refractivity contribution < 1.29 is 5.11 Å². The van der Waals surface area contributed by atoms with Crippen LogP contribution >= 0.6 is 27.5 Å². The van der Waals surface area contributed by atoms with Crippen molar-refractivity contribution in [1.29, 1.82) is 0 Å². The number of benzene rings is 1. The highest BCUT2D eigenvalue weighted by atomic mass is 79.9. The summed E-state index contributed by atoms with van der Waals surface area (Å²) >= 11 is 9.37. The molecular formula is C10H13BrClNO. The SMILES string of the molecule is C[C@H](CO)NCc1ccc(Br)cc1Cl. The number of nitrogens with one attached hydrogen (secondary N) is 1. The first kappa shape index (κ1) is 12.0. The predicted molar refractivity (Wildman–Crippen MR) is 62.5 cm³/mol. The number of hydrogen-bond donors (Lipinski definition) is 2. The molecule has 0 heterocycles. The Morgan fingerprint density at radius 2 is 2.29 bits per heavy atom. The zero-order chi connectivity index (χ0) is 10.6. The normalized spacial score (nSPS) is 12.9. The number of rotatable bonds is 4. The molecular weight excluding hydrogens is 265 g/mol. The lowest BCUT2D eigenvalue weighted by atomic mass is 10.2. The molecule has 0 aliphatic heterocycles.